The second-order valence-corrected chi connectivity index (χ2v) is 10.2. The molecule has 6 heteroatoms. The fraction of sp³-hybridized carbons (Fsp3) is 0.650. The molecule has 4 nitrogen and oxygen atoms in total. The van der Waals surface area contributed by atoms with Crippen LogP contribution in [0.15, 0.2) is 30.3 Å². The van der Waals surface area contributed by atoms with Crippen LogP contribution in [-0.4, -0.2) is 43.1 Å². The van der Waals surface area contributed by atoms with Gasteiger partial charge in [-0.15, -0.1) is 11.8 Å². The lowest BCUT2D eigenvalue weighted by atomic mass is 9.79. The summed E-state index contributed by atoms with van der Waals surface area (Å²) < 4.78 is 17.4. The van der Waals surface area contributed by atoms with Crippen LogP contribution in [0.5, 0.6) is 0 Å². The van der Waals surface area contributed by atoms with Crippen LogP contribution in [0.4, 0.5) is 0 Å². The summed E-state index contributed by atoms with van der Waals surface area (Å²) in [6, 6.07) is 9.91. The highest BCUT2D eigenvalue weighted by Gasteiger charge is 2.59. The Hall–Kier alpha value is -0.850. The summed E-state index contributed by atoms with van der Waals surface area (Å²) >= 11 is 1.57. The highest BCUT2D eigenvalue weighted by atomic mass is 32.2. The van der Waals surface area contributed by atoms with E-state index >= 15 is 0 Å². The lowest BCUT2D eigenvalue weighted by molar-refractivity contribution is -0.158. The number of esters is 1. The number of ether oxygens (including phenoxy) is 1. The molecular formula is C20H30O4S2. The molecule has 4 atom stereocenters. The van der Waals surface area contributed by atoms with Gasteiger partial charge in [0.05, 0.1) is 12.5 Å². The predicted molar refractivity (Wildman–Crippen MR) is 109 cm³/mol. The number of thioether (sulfide) groups is 1. The Morgan fingerprint density at radius 3 is 2.65 bits per heavy atom. The topological polar surface area (TPSA) is 63.6 Å². The smallest absolute Gasteiger partial charge is 0.311 e. The zero-order chi connectivity index (χ0) is 19.2. The maximum Gasteiger partial charge on any atom is 0.311 e. The SMILES string of the molecule is CCOC(=O)[C@@H](C)[C@](O)(CCc1ccccc1)[C@]1(CC)SCCCS1=O. The summed E-state index contributed by atoms with van der Waals surface area (Å²) in [6.07, 6.45) is 2.44. The summed E-state index contributed by atoms with van der Waals surface area (Å²) in [5, 5.41) is 11.9. The number of carbonyl (C=O) groups is 1. The molecule has 0 amide bonds. The van der Waals surface area contributed by atoms with E-state index < -0.39 is 32.4 Å². The van der Waals surface area contributed by atoms with Crippen LogP contribution >= 0.6 is 11.8 Å². The molecule has 1 aliphatic rings. The maximum absolute atomic E-state index is 13.1. The van der Waals surface area contributed by atoms with E-state index in [2.05, 4.69) is 0 Å². The van der Waals surface area contributed by atoms with E-state index in [9.17, 15) is 14.1 Å². The summed E-state index contributed by atoms with van der Waals surface area (Å²) in [6.45, 7) is 5.71. The third kappa shape index (κ3) is 4.18. The standard InChI is InChI=1S/C20H30O4S2/c1-4-20(25-14-9-15-26(20)23)19(22,16(3)18(21)24-5-2)13-12-17-10-7-6-8-11-17/h6-8,10-11,16,22H,4-5,9,12-15H2,1-3H3/t16-,19-,20-,26?/m1/s1. The molecule has 0 aromatic heterocycles. The number of aliphatic hydroxyl groups is 1. The predicted octanol–water partition coefficient (Wildman–Crippen LogP) is 3.54. The molecule has 1 unspecified atom stereocenters. The van der Waals surface area contributed by atoms with Crippen LogP contribution in [0.25, 0.3) is 0 Å². The van der Waals surface area contributed by atoms with Crippen molar-refractivity contribution in [3.8, 4) is 0 Å². The van der Waals surface area contributed by atoms with Gasteiger partial charge < -0.3 is 9.84 Å². The van der Waals surface area contributed by atoms with E-state index in [0.717, 1.165) is 17.7 Å². The van der Waals surface area contributed by atoms with Gasteiger partial charge in [0.1, 0.15) is 9.68 Å². The fourth-order valence-electron chi connectivity index (χ4n) is 3.73. The minimum atomic E-state index is -1.39. The van der Waals surface area contributed by atoms with Crippen LogP contribution < -0.4 is 0 Å². The monoisotopic (exact) mass is 398 g/mol. The van der Waals surface area contributed by atoms with Crippen LogP contribution in [-0.2, 0) is 26.8 Å². The number of benzene rings is 1. The van der Waals surface area contributed by atoms with Crippen molar-refractivity contribution < 1.29 is 18.8 Å². The van der Waals surface area contributed by atoms with Gasteiger partial charge in [0.2, 0.25) is 0 Å². The zero-order valence-electron chi connectivity index (χ0n) is 15.9. The van der Waals surface area contributed by atoms with Crippen molar-refractivity contribution in [2.45, 2.75) is 56.1 Å². The van der Waals surface area contributed by atoms with Crippen molar-refractivity contribution in [1.29, 1.82) is 0 Å². The van der Waals surface area contributed by atoms with Crippen LogP contribution in [0.1, 0.15) is 45.6 Å². The maximum atomic E-state index is 13.1. The molecule has 26 heavy (non-hydrogen) atoms. The van der Waals surface area contributed by atoms with E-state index in [-0.39, 0.29) is 6.61 Å². The van der Waals surface area contributed by atoms with Gasteiger partial charge >= 0.3 is 5.97 Å². The first-order chi connectivity index (χ1) is 12.4. The van der Waals surface area contributed by atoms with Crippen molar-refractivity contribution in [3.63, 3.8) is 0 Å². The number of carbonyl (C=O) groups excluding carboxylic acids is 1. The molecule has 2 rings (SSSR count). The van der Waals surface area contributed by atoms with E-state index in [0.29, 0.717) is 25.0 Å². The highest BCUT2D eigenvalue weighted by molar-refractivity contribution is 8.13. The average Bonchev–Trinajstić information content (AvgIpc) is 2.67. The Morgan fingerprint density at radius 1 is 1.38 bits per heavy atom. The van der Waals surface area contributed by atoms with Gasteiger partial charge in [0, 0.05) is 16.6 Å². The molecule has 1 aliphatic heterocycles. The van der Waals surface area contributed by atoms with Gasteiger partial charge in [0.15, 0.2) is 0 Å². The van der Waals surface area contributed by atoms with Gasteiger partial charge in [-0.3, -0.25) is 9.00 Å². The second-order valence-electron chi connectivity index (χ2n) is 6.74. The second kappa shape index (κ2) is 9.38. The first kappa shape index (κ1) is 21.5. The van der Waals surface area contributed by atoms with Crippen molar-refractivity contribution in [3.05, 3.63) is 35.9 Å². The fourth-order valence-corrected chi connectivity index (χ4v) is 8.02. The molecule has 0 radical (unpaired) electrons. The quantitative estimate of drug-likeness (QED) is 0.679. The van der Waals surface area contributed by atoms with Crippen LogP contribution in [0.2, 0.25) is 0 Å². The molecular weight excluding hydrogens is 368 g/mol. The van der Waals surface area contributed by atoms with Crippen molar-refractivity contribution in [2.75, 3.05) is 18.1 Å². The third-order valence-corrected chi connectivity index (χ3v) is 9.85. The van der Waals surface area contributed by atoms with Crippen molar-refractivity contribution >= 4 is 28.5 Å². The van der Waals surface area contributed by atoms with E-state index in [1.54, 1.807) is 25.6 Å². The number of rotatable bonds is 8. The Labute approximate surface area is 163 Å². The normalized spacial score (nSPS) is 26.7. The first-order valence-corrected chi connectivity index (χ1v) is 11.7. The van der Waals surface area contributed by atoms with Gasteiger partial charge in [-0.05, 0) is 50.8 Å². The molecule has 0 saturated carbocycles. The molecule has 1 saturated heterocycles. The van der Waals surface area contributed by atoms with Gasteiger partial charge in [-0.25, -0.2) is 0 Å². The molecule has 1 aromatic carbocycles. The van der Waals surface area contributed by atoms with Gasteiger partial charge in [-0.1, -0.05) is 37.3 Å². The van der Waals surface area contributed by atoms with E-state index in [1.807, 2.05) is 37.3 Å². The minimum Gasteiger partial charge on any atom is -0.466 e. The Balaban J connectivity index is 2.39. The molecule has 1 fully saturated rings. The largest absolute Gasteiger partial charge is 0.466 e. The minimum absolute atomic E-state index is 0.271. The summed E-state index contributed by atoms with van der Waals surface area (Å²) in [5.41, 5.74) is -0.292. The lowest BCUT2D eigenvalue weighted by Crippen LogP contribution is -2.61. The zero-order valence-corrected chi connectivity index (χ0v) is 17.5. The van der Waals surface area contributed by atoms with Crippen LogP contribution in [0.3, 0.4) is 0 Å². The van der Waals surface area contributed by atoms with E-state index in [4.69, 9.17) is 4.74 Å². The molecule has 1 heterocycles. The molecule has 1 N–H and O–H groups in total. The van der Waals surface area contributed by atoms with Gasteiger partial charge in [-0.2, -0.15) is 0 Å². The molecule has 0 spiro atoms. The number of hydrogen-bond donors (Lipinski definition) is 1. The van der Waals surface area contributed by atoms with Crippen LogP contribution in [0, 0.1) is 5.92 Å². The Kier molecular flexibility index (Phi) is 7.74. The van der Waals surface area contributed by atoms with Crippen molar-refractivity contribution in [2.24, 2.45) is 5.92 Å². The summed E-state index contributed by atoms with van der Waals surface area (Å²) in [5.74, 6) is 0.270. The lowest BCUT2D eigenvalue weighted by Gasteiger charge is -2.50. The highest BCUT2D eigenvalue weighted by Crippen LogP contribution is 2.51. The van der Waals surface area contributed by atoms with Crippen molar-refractivity contribution in [1.82, 2.24) is 0 Å². The molecule has 0 aliphatic carbocycles. The molecule has 1 aromatic rings. The third-order valence-electron chi connectivity index (χ3n) is 5.30. The van der Waals surface area contributed by atoms with Gasteiger partial charge in [0.25, 0.3) is 0 Å². The van der Waals surface area contributed by atoms with E-state index in [1.165, 1.54) is 0 Å². The average molecular weight is 399 g/mol. The number of hydrogen-bond acceptors (Lipinski definition) is 5. The first-order valence-electron chi connectivity index (χ1n) is 9.36. The number of aryl methyl sites for hydroxylation is 1. The summed E-state index contributed by atoms with van der Waals surface area (Å²) in [4.78, 5) is 12.5. The molecule has 146 valence electrons. The molecule has 0 bridgehead atoms. The Bertz CT molecular complexity index is 621. The Morgan fingerprint density at radius 2 is 2.08 bits per heavy atom. The summed E-state index contributed by atoms with van der Waals surface area (Å²) in [7, 11) is -1.20.